The van der Waals surface area contributed by atoms with Gasteiger partial charge in [-0.15, -0.1) is 0 Å². The van der Waals surface area contributed by atoms with Crippen molar-refractivity contribution >= 4 is 55.2 Å². The van der Waals surface area contributed by atoms with Crippen LogP contribution >= 0.6 is 15.6 Å². The van der Waals surface area contributed by atoms with Crippen molar-refractivity contribution in [2.24, 2.45) is 14.1 Å². The number of rotatable bonds is 11. The van der Waals surface area contributed by atoms with E-state index in [4.69, 9.17) is 28.9 Å². The van der Waals surface area contributed by atoms with Gasteiger partial charge in [-0.05, 0) is 35.4 Å². The summed E-state index contributed by atoms with van der Waals surface area (Å²) >= 11 is 0. The highest BCUT2D eigenvalue weighted by atomic mass is 31.2. The summed E-state index contributed by atoms with van der Waals surface area (Å²) in [6, 6.07) is 13.5. The van der Waals surface area contributed by atoms with E-state index in [0.717, 1.165) is 0 Å². The predicted molar refractivity (Wildman–Crippen MR) is 175 cm³/mol. The van der Waals surface area contributed by atoms with Crippen LogP contribution in [-0.2, 0) is 45.5 Å². The molecule has 0 aliphatic carbocycles. The summed E-state index contributed by atoms with van der Waals surface area (Å²) in [5.74, 6) is -2.87. The van der Waals surface area contributed by atoms with Gasteiger partial charge in [0.1, 0.15) is 5.75 Å². The van der Waals surface area contributed by atoms with Gasteiger partial charge in [-0.1, -0.05) is 24.3 Å². The van der Waals surface area contributed by atoms with Gasteiger partial charge in [0.2, 0.25) is 11.5 Å². The molecule has 0 spiro atoms. The largest absolute Gasteiger partial charge is 0.756 e. The number of benzene rings is 3. The van der Waals surface area contributed by atoms with Crippen molar-refractivity contribution in [3.63, 3.8) is 0 Å². The molecule has 0 amide bonds. The van der Waals surface area contributed by atoms with E-state index in [1.54, 1.807) is 12.1 Å². The summed E-state index contributed by atoms with van der Waals surface area (Å²) in [5, 5.41) is 0. The minimum Gasteiger partial charge on any atom is -0.756 e. The third-order valence-electron chi connectivity index (χ3n) is 7.89. The number of aromatic nitrogens is 3. The standard InChI is InChI=1S/C31H27N3O15P2/c1-32-21-12-20(45-3)13-22-23(21)34-24(28(32)35)26(48-30(37)18-8-4-16(5-9-18)14-46-50(39,40)41)27(25(34)29(36)33(22)2)49-31(38)19-10-6-17(7-11-19)15-47-51(42,43)44/h4-13H,14-15H2,1-3H3,(H2,39,40,41)(H2,42,43,44)/p-1. The van der Waals surface area contributed by atoms with Crippen LogP contribution in [0.4, 0.5) is 0 Å². The molecule has 0 saturated carbocycles. The zero-order valence-electron chi connectivity index (χ0n) is 26.7. The van der Waals surface area contributed by atoms with E-state index in [0.29, 0.717) is 27.9 Å². The zero-order valence-corrected chi connectivity index (χ0v) is 28.5. The number of carbonyl (C=O) groups excluding carboxylic acids is 2. The zero-order chi connectivity index (χ0) is 37.0. The highest BCUT2D eigenvalue weighted by Crippen LogP contribution is 2.42. The summed E-state index contributed by atoms with van der Waals surface area (Å²) in [7, 11) is -5.45. The van der Waals surface area contributed by atoms with Crippen molar-refractivity contribution in [1.82, 2.24) is 13.5 Å². The van der Waals surface area contributed by atoms with Crippen molar-refractivity contribution in [3.8, 4) is 17.2 Å². The van der Waals surface area contributed by atoms with Gasteiger partial charge in [0, 0.05) is 26.2 Å². The van der Waals surface area contributed by atoms with Gasteiger partial charge >= 0.3 is 19.8 Å². The van der Waals surface area contributed by atoms with Crippen LogP contribution in [0, 0.1) is 0 Å². The lowest BCUT2D eigenvalue weighted by atomic mass is 10.1. The number of phosphoric acid groups is 2. The molecule has 0 aliphatic heterocycles. The van der Waals surface area contributed by atoms with Crippen LogP contribution < -0.4 is 30.2 Å². The molecule has 3 N–H and O–H groups in total. The van der Waals surface area contributed by atoms with E-state index in [2.05, 4.69) is 9.05 Å². The Balaban J connectivity index is 1.50. The quantitative estimate of drug-likeness (QED) is 0.127. The van der Waals surface area contributed by atoms with Crippen LogP contribution in [0.1, 0.15) is 31.8 Å². The Hall–Kier alpha value is -5.16. The molecule has 0 aliphatic rings. The molecule has 3 aromatic carbocycles. The van der Waals surface area contributed by atoms with Crippen LogP contribution in [0.5, 0.6) is 17.2 Å². The molecule has 0 saturated heterocycles. The first-order valence-electron chi connectivity index (χ1n) is 14.5. The van der Waals surface area contributed by atoms with Crippen molar-refractivity contribution in [1.29, 1.82) is 0 Å². The smallest absolute Gasteiger partial charge is 0.469 e. The Kier molecular flexibility index (Phi) is 9.22. The summed E-state index contributed by atoms with van der Waals surface area (Å²) in [6.07, 6.45) is 0. The van der Waals surface area contributed by atoms with Crippen LogP contribution in [-0.4, -0.2) is 47.3 Å². The molecule has 3 aromatic heterocycles. The monoisotopic (exact) mass is 742 g/mol. The second kappa shape index (κ2) is 13.2. The third-order valence-corrected chi connectivity index (χ3v) is 8.81. The Morgan fingerprint density at radius 3 is 1.49 bits per heavy atom. The highest BCUT2D eigenvalue weighted by molar-refractivity contribution is 7.46. The van der Waals surface area contributed by atoms with Crippen LogP contribution in [0.15, 0.2) is 70.3 Å². The number of hydrogen-bond acceptors (Lipinski definition) is 12. The topological polar surface area (TPSA) is 247 Å². The predicted octanol–water partition coefficient (Wildman–Crippen LogP) is 2.11. The molecular formula is C31H26N3O15P2-. The van der Waals surface area contributed by atoms with E-state index >= 15 is 0 Å². The maximum Gasteiger partial charge on any atom is 0.469 e. The fourth-order valence-corrected chi connectivity index (χ4v) is 6.02. The average molecular weight is 743 g/mol. The lowest BCUT2D eigenvalue weighted by Crippen LogP contribution is -2.26. The second-order valence-electron chi connectivity index (χ2n) is 11.1. The fourth-order valence-electron chi connectivity index (χ4n) is 5.39. The van der Waals surface area contributed by atoms with Crippen molar-refractivity contribution in [3.05, 3.63) is 104 Å². The number of aryl methyl sites for hydroxylation is 2. The van der Waals surface area contributed by atoms with Crippen molar-refractivity contribution in [2.45, 2.75) is 13.2 Å². The van der Waals surface area contributed by atoms with Gasteiger partial charge in [0.25, 0.3) is 18.9 Å². The number of esters is 2. The molecule has 6 aromatic rings. The summed E-state index contributed by atoms with van der Waals surface area (Å²) in [5.41, 5.74) is -0.736. The molecule has 6 rings (SSSR count). The molecule has 0 radical (unpaired) electrons. The number of nitrogens with zero attached hydrogens (tertiary/aromatic N) is 3. The minimum atomic E-state index is -5.01. The number of hydrogen-bond donors (Lipinski definition) is 3. The van der Waals surface area contributed by atoms with Gasteiger partial charge in [-0.2, -0.15) is 0 Å². The van der Waals surface area contributed by atoms with Crippen LogP contribution in [0.2, 0.25) is 0 Å². The number of carbonyl (C=O) groups is 2. The highest BCUT2D eigenvalue weighted by Gasteiger charge is 2.32. The Morgan fingerprint density at radius 2 is 1.12 bits per heavy atom. The molecule has 1 atom stereocenters. The van der Waals surface area contributed by atoms with Gasteiger partial charge in [-0.25, -0.2) is 14.2 Å². The first kappa shape index (κ1) is 35.7. The van der Waals surface area contributed by atoms with Crippen molar-refractivity contribution in [2.75, 3.05) is 7.11 Å². The molecule has 18 nitrogen and oxygen atoms in total. The Morgan fingerprint density at radius 1 is 0.706 bits per heavy atom. The number of methoxy groups -OCH3 is 1. The summed E-state index contributed by atoms with van der Waals surface area (Å²) in [4.78, 5) is 92.8. The maximum absolute atomic E-state index is 14.0. The number of phosphoric ester groups is 2. The first-order valence-corrected chi connectivity index (χ1v) is 17.6. The summed E-state index contributed by atoms with van der Waals surface area (Å²) < 4.78 is 51.5. The average Bonchev–Trinajstić information content (AvgIpc) is 3.40. The van der Waals surface area contributed by atoms with Crippen LogP contribution in [0.3, 0.4) is 0 Å². The van der Waals surface area contributed by atoms with E-state index in [-0.39, 0.29) is 27.7 Å². The first-order chi connectivity index (χ1) is 24.0. The van der Waals surface area contributed by atoms with Gasteiger partial charge in [-0.3, -0.25) is 23.1 Å². The molecule has 0 fully saturated rings. The number of ether oxygens (including phenoxy) is 3. The Labute approximate surface area is 285 Å². The summed E-state index contributed by atoms with van der Waals surface area (Å²) in [6.45, 7) is -0.988. The molecule has 266 valence electrons. The van der Waals surface area contributed by atoms with Gasteiger partial charge < -0.3 is 47.4 Å². The van der Waals surface area contributed by atoms with E-state index in [1.807, 2.05) is 0 Å². The molecule has 20 heteroatoms. The van der Waals surface area contributed by atoms with E-state index in [9.17, 15) is 33.2 Å². The van der Waals surface area contributed by atoms with E-state index in [1.165, 1.54) is 83.3 Å². The van der Waals surface area contributed by atoms with E-state index < -0.39 is 63.4 Å². The molecule has 0 bridgehead atoms. The fraction of sp³-hybridized carbons (Fsp3) is 0.161. The minimum absolute atomic E-state index is 0.0854. The lowest BCUT2D eigenvalue weighted by molar-refractivity contribution is -0.220. The third kappa shape index (κ3) is 6.95. The second-order valence-corrected chi connectivity index (χ2v) is 13.5. The SMILES string of the molecule is COc1cc2c3c(c1)n(C)c(=O)c1c(OC(=O)c4ccc(COP(=O)(O)O)cc4)c(OC(=O)c4ccc(COP(=O)([O-])O)cc4)c(c(=O)n2C)n13. The molecule has 3 heterocycles. The molecular weight excluding hydrogens is 716 g/mol. The maximum atomic E-state index is 14.0. The van der Waals surface area contributed by atoms with Gasteiger partial charge in [0.05, 0.1) is 48.0 Å². The normalized spacial score (nSPS) is 13.2. The molecule has 51 heavy (non-hydrogen) atoms. The van der Waals surface area contributed by atoms with Crippen molar-refractivity contribution < 1.29 is 61.6 Å². The Bertz CT molecular complexity index is 2390. The van der Waals surface area contributed by atoms with Gasteiger partial charge in [0.15, 0.2) is 11.0 Å². The van der Waals surface area contributed by atoms with Crippen LogP contribution in [0.25, 0.3) is 27.6 Å². The molecule has 1 unspecified atom stereocenters. The lowest BCUT2D eigenvalue weighted by Gasteiger charge is -2.16.